The van der Waals surface area contributed by atoms with E-state index in [-0.39, 0.29) is 29.2 Å². The first-order chi connectivity index (χ1) is 35.3. The van der Waals surface area contributed by atoms with Crippen molar-refractivity contribution in [3.8, 4) is 21.1 Å². The largest absolute Gasteiger partial charge is 0.444 e. The molecule has 0 bridgehead atoms. The number of nitrogens with one attached hydrogen (secondary N) is 3. The lowest BCUT2D eigenvalue weighted by atomic mass is 10.0. The minimum Gasteiger partial charge on any atom is -0.444 e. The van der Waals surface area contributed by atoms with Crippen LogP contribution in [0, 0.1) is 27.7 Å². The zero-order valence-electron chi connectivity index (χ0n) is 43.6. The number of likely N-dealkylation sites (tertiary alicyclic amines) is 2. The van der Waals surface area contributed by atoms with Gasteiger partial charge in [0, 0.05) is 60.8 Å². The van der Waals surface area contributed by atoms with Gasteiger partial charge in [-0.15, -0.1) is 22.7 Å². The Kier molecular flexibility index (Phi) is 19.9. The van der Waals surface area contributed by atoms with E-state index in [0.29, 0.717) is 76.1 Å². The second-order valence-electron chi connectivity index (χ2n) is 19.8. The molecule has 4 amide bonds. The van der Waals surface area contributed by atoms with Crippen molar-refractivity contribution in [3.05, 3.63) is 109 Å². The van der Waals surface area contributed by atoms with E-state index >= 15 is 0 Å². The zero-order chi connectivity index (χ0) is 54.8. The summed E-state index contributed by atoms with van der Waals surface area (Å²) in [7, 11) is 0. The molecular formula is C52H63Cl3N12O6S2. The standard InChI is InChI=1S/C26H31ClN6O3S.C17H25N3O3.C9H7Cl2N3S/c1-15-22(37-16(2)29-15)21-20(27)14-28-24(32-21)30-19-10-12-33(13-11-19)23(34)17-6-8-18(9-7-17)31-25(35)36-26(3,4)5;1-17(2,3)23-16(22)19-14-6-4-12(5-7-14)15(21)20-10-8-13(18)9-11-20;1-4-8(15-5(2)13-4)7-6(10)3-12-9(11)14-7/h6-9,14,19H,10-13H2,1-5H3,(H,31,35)(H,28,30,32);4-7,13H,8-11,18H2,1-3H3,(H,19,22);3H,1-2H3. The summed E-state index contributed by atoms with van der Waals surface area (Å²) in [6, 6.07) is 14.0. The van der Waals surface area contributed by atoms with E-state index in [2.05, 4.69) is 45.9 Å². The number of amides is 4. The highest BCUT2D eigenvalue weighted by Crippen LogP contribution is 2.35. The third kappa shape index (κ3) is 17.5. The molecule has 2 saturated heterocycles. The number of halogens is 3. The van der Waals surface area contributed by atoms with Gasteiger partial charge in [-0.25, -0.2) is 39.5 Å². The molecule has 4 aromatic heterocycles. The van der Waals surface area contributed by atoms with E-state index in [1.165, 1.54) is 6.20 Å². The highest BCUT2D eigenvalue weighted by Gasteiger charge is 2.26. The van der Waals surface area contributed by atoms with Crippen molar-refractivity contribution in [2.24, 2.45) is 5.73 Å². The van der Waals surface area contributed by atoms with Gasteiger partial charge in [-0.05, 0) is 155 Å². The van der Waals surface area contributed by atoms with E-state index in [1.807, 2.05) is 37.5 Å². The third-order valence-corrected chi connectivity index (χ3v) is 14.1. The van der Waals surface area contributed by atoms with Gasteiger partial charge in [-0.1, -0.05) is 23.2 Å². The van der Waals surface area contributed by atoms with Crippen LogP contribution in [0.2, 0.25) is 15.3 Å². The van der Waals surface area contributed by atoms with Crippen LogP contribution in [-0.4, -0.2) is 113 Å². The lowest BCUT2D eigenvalue weighted by Crippen LogP contribution is -2.42. The first-order valence-corrected chi connectivity index (χ1v) is 27.0. The number of anilines is 3. The Balaban J connectivity index is 0.000000204. The number of hydrogen-bond acceptors (Lipinski definition) is 16. The maximum Gasteiger partial charge on any atom is 0.412 e. The van der Waals surface area contributed by atoms with Gasteiger partial charge >= 0.3 is 12.2 Å². The molecule has 400 valence electrons. The lowest BCUT2D eigenvalue weighted by Gasteiger charge is -2.32. The maximum absolute atomic E-state index is 13.0. The van der Waals surface area contributed by atoms with Gasteiger partial charge in [0.05, 0.1) is 53.6 Å². The third-order valence-electron chi connectivity index (χ3n) is 11.2. The van der Waals surface area contributed by atoms with Gasteiger partial charge in [0.1, 0.15) is 22.6 Å². The molecule has 2 aliphatic rings. The Morgan fingerprint density at radius 2 is 1.00 bits per heavy atom. The number of aryl methyl sites for hydroxylation is 4. The molecule has 2 aromatic carbocycles. The molecule has 6 heterocycles. The molecule has 0 radical (unpaired) electrons. The molecule has 18 nitrogen and oxygen atoms in total. The van der Waals surface area contributed by atoms with Gasteiger partial charge < -0.3 is 30.3 Å². The van der Waals surface area contributed by atoms with E-state index in [9.17, 15) is 19.2 Å². The van der Waals surface area contributed by atoms with E-state index < -0.39 is 23.4 Å². The van der Waals surface area contributed by atoms with Gasteiger partial charge in [0.15, 0.2) is 0 Å². The average molecular weight is 1120 g/mol. The summed E-state index contributed by atoms with van der Waals surface area (Å²) in [5.74, 6) is 0.478. The average Bonchev–Trinajstić information content (AvgIpc) is 3.87. The van der Waals surface area contributed by atoms with E-state index in [4.69, 9.17) is 50.0 Å². The fraction of sp³-hybridized carbons (Fsp3) is 0.423. The SMILES string of the molecule is CC(C)(C)OC(=O)Nc1ccc(C(=O)N2CCC(N)CC2)cc1.Cc1nc(C)c(-c2nc(Cl)ncc2Cl)s1.Cc1nc(C)c(-c2nc(NC3CCN(C(=O)c4ccc(NC(=O)OC(C)(C)C)cc4)CC3)ncc2Cl)s1. The fourth-order valence-corrected chi connectivity index (χ4v) is 10.2. The van der Waals surface area contributed by atoms with Crippen molar-refractivity contribution in [2.45, 2.75) is 118 Å². The first kappa shape index (κ1) is 58.2. The summed E-state index contributed by atoms with van der Waals surface area (Å²) in [4.78, 5) is 80.3. The molecule has 0 spiro atoms. The van der Waals surface area contributed by atoms with E-state index in [0.717, 1.165) is 56.8 Å². The molecule has 0 unspecified atom stereocenters. The Hall–Kier alpha value is -6.03. The van der Waals surface area contributed by atoms with Crippen LogP contribution in [0.15, 0.2) is 60.9 Å². The van der Waals surface area contributed by atoms with Crippen molar-refractivity contribution in [3.63, 3.8) is 0 Å². The number of nitrogens with two attached hydrogens (primary N) is 1. The normalized spacial score (nSPS) is 14.2. The number of benzene rings is 2. The molecular weight excluding hydrogens is 1060 g/mol. The molecule has 8 rings (SSSR count). The Bertz CT molecular complexity index is 2950. The summed E-state index contributed by atoms with van der Waals surface area (Å²) < 4.78 is 10.4. The topological polar surface area (TPSA) is 233 Å². The molecule has 5 N–H and O–H groups in total. The number of nitrogens with zero attached hydrogens (tertiary/aromatic N) is 8. The van der Waals surface area contributed by atoms with Crippen LogP contribution >= 0.6 is 57.5 Å². The predicted octanol–water partition coefficient (Wildman–Crippen LogP) is 12.1. The van der Waals surface area contributed by atoms with Crippen LogP contribution in [-0.2, 0) is 9.47 Å². The van der Waals surface area contributed by atoms with Crippen molar-refractivity contribution in [1.82, 2.24) is 39.7 Å². The highest BCUT2D eigenvalue weighted by atomic mass is 35.5. The van der Waals surface area contributed by atoms with Gasteiger partial charge in [0.2, 0.25) is 11.2 Å². The zero-order valence-corrected chi connectivity index (χ0v) is 47.5. The minimum atomic E-state index is -0.581. The number of ether oxygens (including phenoxy) is 2. The van der Waals surface area contributed by atoms with Crippen LogP contribution in [0.1, 0.15) is 109 Å². The maximum atomic E-state index is 13.0. The predicted molar refractivity (Wildman–Crippen MR) is 299 cm³/mol. The monoisotopic (exact) mass is 1120 g/mol. The number of thiazole rings is 2. The lowest BCUT2D eigenvalue weighted by molar-refractivity contribution is 0.0624. The van der Waals surface area contributed by atoms with Gasteiger partial charge in [0.25, 0.3) is 11.8 Å². The van der Waals surface area contributed by atoms with Crippen molar-refractivity contribution in [2.75, 3.05) is 42.1 Å². The molecule has 6 aromatic rings. The number of piperidine rings is 2. The summed E-state index contributed by atoms with van der Waals surface area (Å²) in [5, 5.41) is 11.8. The highest BCUT2D eigenvalue weighted by molar-refractivity contribution is 7.15. The van der Waals surface area contributed by atoms with Gasteiger partial charge in [-0.3, -0.25) is 20.2 Å². The second-order valence-corrected chi connectivity index (χ2v) is 23.3. The molecule has 2 fully saturated rings. The molecule has 0 saturated carbocycles. The van der Waals surface area contributed by atoms with Crippen LogP contribution in [0.4, 0.5) is 26.9 Å². The quantitative estimate of drug-likeness (QED) is 0.104. The molecule has 23 heteroatoms. The molecule has 2 aliphatic heterocycles. The second kappa shape index (κ2) is 25.7. The van der Waals surface area contributed by atoms with E-state index in [1.54, 1.807) is 119 Å². The number of carbonyl (C=O) groups excluding carboxylic acids is 4. The van der Waals surface area contributed by atoms with Crippen LogP contribution < -0.4 is 21.7 Å². The van der Waals surface area contributed by atoms with Crippen molar-refractivity contribution >= 4 is 98.8 Å². The first-order valence-electron chi connectivity index (χ1n) is 24.2. The van der Waals surface area contributed by atoms with Crippen LogP contribution in [0.3, 0.4) is 0 Å². The number of carbonyl (C=O) groups is 4. The summed E-state index contributed by atoms with van der Waals surface area (Å²) in [5.41, 5.74) is 10.2. The Morgan fingerprint density at radius 3 is 1.40 bits per heavy atom. The Labute approximate surface area is 460 Å². The van der Waals surface area contributed by atoms with Crippen molar-refractivity contribution < 1.29 is 28.7 Å². The Morgan fingerprint density at radius 1 is 0.600 bits per heavy atom. The summed E-state index contributed by atoms with van der Waals surface area (Å²) in [6.07, 6.45) is 5.28. The molecule has 75 heavy (non-hydrogen) atoms. The van der Waals surface area contributed by atoms with Gasteiger partial charge in [-0.2, -0.15) is 0 Å². The molecule has 0 aliphatic carbocycles. The minimum absolute atomic E-state index is 0.000665. The summed E-state index contributed by atoms with van der Waals surface area (Å²) >= 11 is 21.2. The number of hydrogen-bond donors (Lipinski definition) is 4. The number of aromatic nitrogens is 6. The van der Waals surface area contributed by atoms with Crippen LogP contribution in [0.5, 0.6) is 0 Å². The number of rotatable bonds is 8. The fourth-order valence-electron chi connectivity index (χ4n) is 7.72. The van der Waals surface area contributed by atoms with Crippen molar-refractivity contribution in [1.29, 1.82) is 0 Å². The smallest absolute Gasteiger partial charge is 0.412 e. The van der Waals surface area contributed by atoms with Crippen LogP contribution in [0.25, 0.3) is 21.1 Å². The molecule has 0 atom stereocenters. The summed E-state index contributed by atoms with van der Waals surface area (Å²) in [6.45, 7) is 21.2.